The monoisotopic (exact) mass is 995 g/mol. The van der Waals surface area contributed by atoms with E-state index in [9.17, 15) is 14.4 Å². The number of carbonyl (C=O) groups excluding carboxylic acids is 3. The van der Waals surface area contributed by atoms with Gasteiger partial charge in [-0.25, -0.2) is 0 Å². The first-order valence-electron chi connectivity index (χ1n) is 31.1. The topological polar surface area (TPSA) is 78.9 Å². The minimum atomic E-state index is -0.791. The van der Waals surface area contributed by atoms with E-state index >= 15 is 0 Å². The van der Waals surface area contributed by atoms with E-state index in [1.807, 2.05) is 0 Å². The van der Waals surface area contributed by atoms with E-state index in [2.05, 4.69) is 69.4 Å². The van der Waals surface area contributed by atoms with Gasteiger partial charge in [0.25, 0.3) is 0 Å². The van der Waals surface area contributed by atoms with Crippen molar-refractivity contribution < 1.29 is 28.6 Å². The van der Waals surface area contributed by atoms with Crippen molar-refractivity contribution in [3.05, 3.63) is 48.6 Å². The van der Waals surface area contributed by atoms with E-state index in [1.165, 1.54) is 205 Å². The van der Waals surface area contributed by atoms with E-state index in [4.69, 9.17) is 14.2 Å². The Labute approximate surface area is 441 Å². The van der Waals surface area contributed by atoms with Crippen LogP contribution in [0.25, 0.3) is 0 Å². The highest BCUT2D eigenvalue weighted by atomic mass is 16.6. The highest BCUT2D eigenvalue weighted by Crippen LogP contribution is 2.18. The minimum absolute atomic E-state index is 0.0856. The number of rotatable bonds is 57. The molecule has 0 bridgehead atoms. The summed E-state index contributed by atoms with van der Waals surface area (Å²) in [5.74, 6) is -0.911. The second-order valence-electron chi connectivity index (χ2n) is 21.0. The molecule has 0 saturated heterocycles. The van der Waals surface area contributed by atoms with Crippen LogP contribution in [0.2, 0.25) is 0 Å². The second-order valence-corrected chi connectivity index (χ2v) is 21.0. The second kappa shape index (κ2) is 59.9. The first kappa shape index (κ1) is 68.4. The van der Waals surface area contributed by atoms with E-state index in [-0.39, 0.29) is 37.5 Å². The maximum absolute atomic E-state index is 12.8. The van der Waals surface area contributed by atoms with Crippen molar-refractivity contribution in [1.82, 2.24) is 0 Å². The smallest absolute Gasteiger partial charge is 0.306 e. The SMILES string of the molecule is CC/C=C\C/C=C\C/C=C\C/C=C\CCCCC(=O)OC(COC(=O)CCCCCCCCCCCCC)COC(=O)CCCCCCCCCCCCCCCCCCCCCCCCCCCCC. The van der Waals surface area contributed by atoms with Gasteiger partial charge < -0.3 is 14.2 Å². The summed E-state index contributed by atoms with van der Waals surface area (Å²) in [7, 11) is 0. The number of esters is 3. The summed E-state index contributed by atoms with van der Waals surface area (Å²) in [4.78, 5) is 38.1. The summed E-state index contributed by atoms with van der Waals surface area (Å²) >= 11 is 0. The molecule has 1 unspecified atom stereocenters. The molecule has 71 heavy (non-hydrogen) atoms. The third-order valence-electron chi connectivity index (χ3n) is 13.8. The summed E-state index contributed by atoms with van der Waals surface area (Å²) in [5, 5.41) is 0. The Morgan fingerprint density at radius 3 is 0.859 bits per heavy atom. The van der Waals surface area contributed by atoms with Crippen LogP contribution in [0.5, 0.6) is 0 Å². The van der Waals surface area contributed by atoms with Crippen molar-refractivity contribution in [3.63, 3.8) is 0 Å². The predicted molar refractivity (Wildman–Crippen MR) is 307 cm³/mol. The number of unbranched alkanes of at least 4 members (excludes halogenated alkanes) is 38. The van der Waals surface area contributed by atoms with Crippen molar-refractivity contribution in [2.75, 3.05) is 13.2 Å². The zero-order valence-corrected chi connectivity index (χ0v) is 47.5. The molecule has 414 valence electrons. The number of hydrogen-bond donors (Lipinski definition) is 0. The zero-order chi connectivity index (χ0) is 51.4. The van der Waals surface area contributed by atoms with Crippen LogP contribution in [0, 0.1) is 0 Å². The summed E-state index contributed by atoms with van der Waals surface area (Å²) < 4.78 is 16.8. The number of hydrogen-bond acceptors (Lipinski definition) is 6. The third kappa shape index (κ3) is 58.1. The van der Waals surface area contributed by atoms with Crippen molar-refractivity contribution in [2.24, 2.45) is 0 Å². The Bertz CT molecular complexity index is 1230. The van der Waals surface area contributed by atoms with Crippen molar-refractivity contribution in [1.29, 1.82) is 0 Å². The molecule has 0 aliphatic rings. The molecule has 0 N–H and O–H groups in total. The molecule has 0 saturated carbocycles. The van der Waals surface area contributed by atoms with Gasteiger partial charge in [0, 0.05) is 19.3 Å². The quantitative estimate of drug-likeness (QED) is 0.0261. The molecule has 0 amide bonds. The van der Waals surface area contributed by atoms with Crippen LogP contribution >= 0.6 is 0 Å². The molecule has 6 nitrogen and oxygen atoms in total. The van der Waals surface area contributed by atoms with E-state index in [1.54, 1.807) is 0 Å². The largest absolute Gasteiger partial charge is 0.462 e. The lowest BCUT2D eigenvalue weighted by molar-refractivity contribution is -0.167. The van der Waals surface area contributed by atoms with Gasteiger partial charge in [-0.15, -0.1) is 0 Å². The molecular weight excluding hydrogens is 877 g/mol. The van der Waals surface area contributed by atoms with E-state index < -0.39 is 6.10 Å². The molecule has 0 heterocycles. The van der Waals surface area contributed by atoms with Gasteiger partial charge in [0.15, 0.2) is 6.10 Å². The summed E-state index contributed by atoms with van der Waals surface area (Å²) in [6, 6.07) is 0. The van der Waals surface area contributed by atoms with Gasteiger partial charge in [0.2, 0.25) is 0 Å². The molecule has 0 aliphatic heterocycles. The lowest BCUT2D eigenvalue weighted by Gasteiger charge is -2.18. The van der Waals surface area contributed by atoms with Gasteiger partial charge >= 0.3 is 17.9 Å². The zero-order valence-electron chi connectivity index (χ0n) is 47.5. The van der Waals surface area contributed by atoms with E-state index in [0.717, 1.165) is 77.0 Å². The molecule has 6 heteroatoms. The van der Waals surface area contributed by atoms with Crippen LogP contribution in [0.4, 0.5) is 0 Å². The molecule has 0 spiro atoms. The maximum Gasteiger partial charge on any atom is 0.306 e. The molecular formula is C65H118O6. The van der Waals surface area contributed by atoms with Gasteiger partial charge in [-0.3, -0.25) is 14.4 Å². The number of carbonyl (C=O) groups is 3. The van der Waals surface area contributed by atoms with Crippen LogP contribution in [-0.2, 0) is 28.6 Å². The van der Waals surface area contributed by atoms with Crippen LogP contribution in [-0.4, -0.2) is 37.2 Å². The average Bonchev–Trinajstić information content (AvgIpc) is 3.37. The standard InChI is InChI=1S/C65H118O6/c1-4-7-10-13-16-19-22-24-26-27-28-29-30-31-32-33-34-35-36-37-39-40-43-46-49-52-55-58-64(67)70-61-62(60-69-63(66)57-54-51-48-45-42-21-18-15-12-9-6-3)71-65(68)59-56-53-50-47-44-41-38-25-23-20-17-14-11-8-5-2/h8,11,17,20,25,38,44,47,62H,4-7,9-10,12-16,18-19,21-24,26-37,39-43,45-46,48-61H2,1-3H3/b11-8-,20-17-,38-25-,47-44-. The van der Waals surface area contributed by atoms with Gasteiger partial charge in [-0.05, 0) is 57.8 Å². The van der Waals surface area contributed by atoms with Crippen molar-refractivity contribution in [3.8, 4) is 0 Å². The Balaban J connectivity index is 4.18. The van der Waals surface area contributed by atoms with Gasteiger partial charge in [0.05, 0.1) is 0 Å². The fourth-order valence-electron chi connectivity index (χ4n) is 9.20. The Hall–Kier alpha value is -2.63. The van der Waals surface area contributed by atoms with Crippen LogP contribution in [0.1, 0.15) is 329 Å². The number of allylic oxidation sites excluding steroid dienone is 8. The summed E-state index contributed by atoms with van der Waals surface area (Å²) in [6.45, 7) is 6.53. The first-order valence-corrected chi connectivity index (χ1v) is 31.1. The molecule has 0 radical (unpaired) electrons. The Morgan fingerprint density at radius 1 is 0.296 bits per heavy atom. The maximum atomic E-state index is 12.8. The summed E-state index contributed by atoms with van der Waals surface area (Å²) in [5.41, 5.74) is 0. The highest BCUT2D eigenvalue weighted by molar-refractivity contribution is 5.71. The highest BCUT2D eigenvalue weighted by Gasteiger charge is 2.19. The molecule has 0 aromatic heterocycles. The molecule has 1 atom stereocenters. The van der Waals surface area contributed by atoms with Gasteiger partial charge in [-0.1, -0.05) is 301 Å². The molecule has 0 rings (SSSR count). The van der Waals surface area contributed by atoms with Gasteiger partial charge in [-0.2, -0.15) is 0 Å². The Kier molecular flexibility index (Phi) is 57.7. The van der Waals surface area contributed by atoms with Crippen LogP contribution in [0.15, 0.2) is 48.6 Å². The molecule has 0 aromatic rings. The Morgan fingerprint density at radius 2 is 0.549 bits per heavy atom. The molecule has 0 aromatic carbocycles. The van der Waals surface area contributed by atoms with E-state index in [0.29, 0.717) is 19.3 Å². The fourth-order valence-corrected chi connectivity index (χ4v) is 9.20. The third-order valence-corrected chi connectivity index (χ3v) is 13.8. The van der Waals surface area contributed by atoms with Crippen LogP contribution in [0.3, 0.4) is 0 Å². The predicted octanol–water partition coefficient (Wildman–Crippen LogP) is 21.0. The van der Waals surface area contributed by atoms with Crippen molar-refractivity contribution >= 4 is 17.9 Å². The van der Waals surface area contributed by atoms with Gasteiger partial charge in [0.1, 0.15) is 13.2 Å². The lowest BCUT2D eigenvalue weighted by atomic mass is 10.0. The lowest BCUT2D eigenvalue weighted by Crippen LogP contribution is -2.30. The fraction of sp³-hybridized carbons (Fsp3) is 0.831. The number of ether oxygens (including phenoxy) is 3. The van der Waals surface area contributed by atoms with Crippen molar-refractivity contribution in [2.45, 2.75) is 335 Å². The molecule has 0 aliphatic carbocycles. The average molecular weight is 996 g/mol. The normalized spacial score (nSPS) is 12.3. The van der Waals surface area contributed by atoms with Crippen LogP contribution < -0.4 is 0 Å². The minimum Gasteiger partial charge on any atom is -0.462 e. The molecule has 0 fully saturated rings. The summed E-state index contributed by atoms with van der Waals surface area (Å²) in [6.07, 6.45) is 74.3. The first-order chi connectivity index (χ1) is 35.0.